The van der Waals surface area contributed by atoms with Gasteiger partial charge in [0.15, 0.2) is 0 Å². The van der Waals surface area contributed by atoms with Gasteiger partial charge in [-0.3, -0.25) is 9.59 Å². The van der Waals surface area contributed by atoms with Crippen LogP contribution in [-0.4, -0.2) is 27.4 Å². The van der Waals surface area contributed by atoms with Crippen molar-refractivity contribution in [2.24, 2.45) is 5.92 Å². The fourth-order valence-corrected chi connectivity index (χ4v) is 2.43. The molecule has 0 radical (unpaired) electrons. The van der Waals surface area contributed by atoms with Gasteiger partial charge in [0.05, 0.1) is 5.92 Å². The number of carbonyl (C=O) groups is 2. The van der Waals surface area contributed by atoms with Gasteiger partial charge in [0, 0.05) is 11.7 Å². The lowest BCUT2D eigenvalue weighted by Gasteiger charge is -2.15. The Morgan fingerprint density at radius 2 is 1.70 bits per heavy atom. The van der Waals surface area contributed by atoms with E-state index in [0.29, 0.717) is 12.8 Å². The van der Waals surface area contributed by atoms with E-state index in [1.54, 1.807) is 0 Å². The molecule has 0 saturated carbocycles. The predicted molar refractivity (Wildman–Crippen MR) is 80.1 cm³/mol. The van der Waals surface area contributed by atoms with Crippen molar-refractivity contribution in [2.75, 3.05) is 0 Å². The summed E-state index contributed by atoms with van der Waals surface area (Å²) < 4.78 is 0. The first-order valence-corrected chi connectivity index (χ1v) is 7.17. The van der Waals surface area contributed by atoms with Crippen LogP contribution in [-0.2, 0) is 16.0 Å². The Bertz CT molecular complexity index is 433. The standard InChI is InChI=1S/C15H20O4S/c16-14(17)9-7-12(15(18)19)6-8-13(20)10-11-4-2-1-3-5-11/h1-5,12-13,20H,6-10H2,(H,16,17)(H,18,19). The molecule has 110 valence electrons. The molecule has 0 aliphatic rings. The molecule has 1 aromatic rings. The molecule has 2 N–H and O–H groups in total. The van der Waals surface area contributed by atoms with Crippen LogP contribution in [0.1, 0.15) is 31.2 Å². The van der Waals surface area contributed by atoms with E-state index in [1.165, 1.54) is 5.56 Å². The molecule has 20 heavy (non-hydrogen) atoms. The molecule has 0 saturated heterocycles. The first-order chi connectivity index (χ1) is 9.49. The Kier molecular flexibility index (Phi) is 7.15. The normalized spacial score (nSPS) is 13.7. The molecular weight excluding hydrogens is 276 g/mol. The Hall–Kier alpha value is -1.49. The smallest absolute Gasteiger partial charge is 0.306 e. The van der Waals surface area contributed by atoms with E-state index in [4.69, 9.17) is 10.2 Å². The second-order valence-corrected chi connectivity index (χ2v) is 5.62. The van der Waals surface area contributed by atoms with Gasteiger partial charge in [-0.15, -0.1) is 0 Å². The molecule has 2 unspecified atom stereocenters. The largest absolute Gasteiger partial charge is 0.481 e. The van der Waals surface area contributed by atoms with E-state index in [1.807, 2.05) is 30.3 Å². The van der Waals surface area contributed by atoms with Crippen LogP contribution < -0.4 is 0 Å². The number of aliphatic carboxylic acids is 2. The monoisotopic (exact) mass is 296 g/mol. The van der Waals surface area contributed by atoms with E-state index in [-0.39, 0.29) is 18.1 Å². The predicted octanol–water partition coefficient (Wildman–Crippen LogP) is 2.87. The molecular formula is C15H20O4S. The number of benzene rings is 1. The maximum absolute atomic E-state index is 11.1. The second kappa shape index (κ2) is 8.64. The maximum Gasteiger partial charge on any atom is 0.306 e. The molecule has 4 nitrogen and oxygen atoms in total. The summed E-state index contributed by atoms with van der Waals surface area (Å²) in [6.45, 7) is 0. The molecule has 0 spiro atoms. The first kappa shape index (κ1) is 16.6. The number of rotatable bonds is 9. The molecule has 1 aromatic carbocycles. The van der Waals surface area contributed by atoms with Crippen molar-refractivity contribution in [3.05, 3.63) is 35.9 Å². The van der Waals surface area contributed by atoms with Gasteiger partial charge in [-0.05, 0) is 31.2 Å². The topological polar surface area (TPSA) is 74.6 Å². The fourth-order valence-electron chi connectivity index (χ4n) is 2.07. The van der Waals surface area contributed by atoms with Gasteiger partial charge in [0.2, 0.25) is 0 Å². The van der Waals surface area contributed by atoms with Crippen LogP contribution in [0.4, 0.5) is 0 Å². The summed E-state index contributed by atoms with van der Waals surface area (Å²) in [5, 5.41) is 17.8. The lowest BCUT2D eigenvalue weighted by molar-refractivity contribution is -0.143. The van der Waals surface area contributed by atoms with Crippen LogP contribution >= 0.6 is 12.6 Å². The number of hydrogen-bond acceptors (Lipinski definition) is 3. The molecule has 1 rings (SSSR count). The van der Waals surface area contributed by atoms with E-state index in [2.05, 4.69) is 12.6 Å². The lowest BCUT2D eigenvalue weighted by atomic mass is 9.95. The summed E-state index contributed by atoms with van der Waals surface area (Å²) in [6.07, 6.45) is 1.98. The Balaban J connectivity index is 2.38. The van der Waals surface area contributed by atoms with Crippen LogP contribution in [0.3, 0.4) is 0 Å². The zero-order chi connectivity index (χ0) is 15.0. The van der Waals surface area contributed by atoms with Gasteiger partial charge in [-0.1, -0.05) is 30.3 Å². The van der Waals surface area contributed by atoms with Crippen LogP contribution in [0.15, 0.2) is 30.3 Å². The lowest BCUT2D eigenvalue weighted by Crippen LogP contribution is -2.17. The number of thiol groups is 1. The highest BCUT2D eigenvalue weighted by molar-refractivity contribution is 7.80. The number of carboxylic acid groups (broad SMARTS) is 2. The molecule has 2 atom stereocenters. The molecule has 0 fully saturated rings. The minimum atomic E-state index is -0.956. The van der Waals surface area contributed by atoms with Crippen molar-refractivity contribution in [2.45, 2.75) is 37.4 Å². The third-order valence-corrected chi connectivity index (χ3v) is 3.66. The summed E-state index contributed by atoms with van der Waals surface area (Å²) >= 11 is 4.48. The van der Waals surface area contributed by atoms with Crippen LogP contribution in [0.5, 0.6) is 0 Å². The van der Waals surface area contributed by atoms with Gasteiger partial charge in [-0.2, -0.15) is 12.6 Å². The van der Waals surface area contributed by atoms with Crippen LogP contribution in [0.25, 0.3) is 0 Å². The molecule has 0 aliphatic heterocycles. The molecule has 0 aliphatic carbocycles. The van der Waals surface area contributed by atoms with E-state index in [0.717, 1.165) is 6.42 Å². The van der Waals surface area contributed by atoms with E-state index >= 15 is 0 Å². The third kappa shape index (κ3) is 6.61. The summed E-state index contributed by atoms with van der Waals surface area (Å²) in [5.74, 6) is -2.48. The number of carboxylic acids is 2. The van der Waals surface area contributed by atoms with Crippen LogP contribution in [0.2, 0.25) is 0 Å². The Morgan fingerprint density at radius 3 is 2.25 bits per heavy atom. The molecule has 0 amide bonds. The van der Waals surface area contributed by atoms with Crippen molar-refractivity contribution in [1.82, 2.24) is 0 Å². The molecule has 5 heteroatoms. The van der Waals surface area contributed by atoms with E-state index in [9.17, 15) is 9.59 Å². The van der Waals surface area contributed by atoms with Crippen molar-refractivity contribution >= 4 is 24.6 Å². The van der Waals surface area contributed by atoms with Gasteiger partial charge in [0.1, 0.15) is 0 Å². The molecule has 0 heterocycles. The summed E-state index contributed by atoms with van der Waals surface area (Å²) in [6, 6.07) is 9.90. The highest BCUT2D eigenvalue weighted by atomic mass is 32.1. The zero-order valence-corrected chi connectivity index (χ0v) is 12.1. The van der Waals surface area contributed by atoms with Gasteiger partial charge in [-0.25, -0.2) is 0 Å². The maximum atomic E-state index is 11.1. The fraction of sp³-hybridized carbons (Fsp3) is 0.467. The number of hydrogen-bond donors (Lipinski definition) is 3. The molecule has 0 bridgehead atoms. The van der Waals surface area contributed by atoms with Crippen LogP contribution in [0, 0.1) is 5.92 Å². The minimum Gasteiger partial charge on any atom is -0.481 e. The Labute approximate surface area is 124 Å². The summed E-state index contributed by atoms with van der Waals surface area (Å²) in [7, 11) is 0. The zero-order valence-electron chi connectivity index (χ0n) is 11.2. The van der Waals surface area contributed by atoms with Gasteiger partial charge >= 0.3 is 11.9 Å². The van der Waals surface area contributed by atoms with Gasteiger partial charge in [0.25, 0.3) is 0 Å². The SMILES string of the molecule is O=C(O)CCC(CCC(S)Cc1ccccc1)C(=O)O. The Morgan fingerprint density at radius 1 is 1.05 bits per heavy atom. The van der Waals surface area contributed by atoms with Crippen molar-refractivity contribution in [1.29, 1.82) is 0 Å². The summed E-state index contributed by atoms with van der Waals surface area (Å²) in [5.41, 5.74) is 1.17. The average molecular weight is 296 g/mol. The van der Waals surface area contributed by atoms with Crippen molar-refractivity contribution in [3.63, 3.8) is 0 Å². The van der Waals surface area contributed by atoms with Crippen molar-refractivity contribution < 1.29 is 19.8 Å². The van der Waals surface area contributed by atoms with Gasteiger partial charge < -0.3 is 10.2 Å². The highest BCUT2D eigenvalue weighted by Gasteiger charge is 2.19. The average Bonchev–Trinajstić information content (AvgIpc) is 2.39. The molecule has 0 aromatic heterocycles. The third-order valence-electron chi connectivity index (χ3n) is 3.22. The minimum absolute atomic E-state index is 0.0871. The second-order valence-electron chi connectivity index (χ2n) is 4.89. The highest BCUT2D eigenvalue weighted by Crippen LogP contribution is 2.20. The first-order valence-electron chi connectivity index (χ1n) is 6.65. The van der Waals surface area contributed by atoms with Crippen molar-refractivity contribution in [3.8, 4) is 0 Å². The summed E-state index contributed by atoms with van der Waals surface area (Å²) in [4.78, 5) is 21.6. The van der Waals surface area contributed by atoms with E-state index < -0.39 is 17.9 Å². The quantitative estimate of drug-likeness (QED) is 0.613.